The number of nitrogens with one attached hydrogen (secondary N) is 2. The van der Waals surface area contributed by atoms with E-state index in [1.807, 2.05) is 6.92 Å². The van der Waals surface area contributed by atoms with Crippen molar-refractivity contribution in [2.24, 2.45) is 0 Å². The Morgan fingerprint density at radius 3 is 2.21 bits per heavy atom. The molecule has 2 N–H and O–H groups in total. The Bertz CT molecular complexity index is 920. The van der Waals surface area contributed by atoms with Crippen LogP contribution in [0.5, 0.6) is 0 Å². The number of aryl methyl sites for hydroxylation is 1. The second-order valence-electron chi connectivity index (χ2n) is 6.97. The Balaban J connectivity index is 1.80. The first-order valence-electron chi connectivity index (χ1n) is 9.75. The van der Waals surface area contributed by atoms with Crippen LogP contribution in [0.1, 0.15) is 47.7 Å². The van der Waals surface area contributed by atoms with Gasteiger partial charge in [0.25, 0.3) is 5.91 Å². The SMILES string of the molecule is CCCCNC(=O)c1ccc(CNC(=O)CCS(=O)(=O)c2ccc(C)cc2)cc1. The molecule has 0 atom stereocenters. The Labute approximate surface area is 172 Å². The molecule has 0 radical (unpaired) electrons. The topological polar surface area (TPSA) is 92.3 Å². The maximum Gasteiger partial charge on any atom is 0.251 e. The van der Waals surface area contributed by atoms with E-state index >= 15 is 0 Å². The largest absolute Gasteiger partial charge is 0.352 e. The van der Waals surface area contributed by atoms with Gasteiger partial charge in [0.2, 0.25) is 5.91 Å². The molecule has 0 aliphatic carbocycles. The van der Waals surface area contributed by atoms with Crippen LogP contribution in [-0.2, 0) is 21.2 Å². The third-order valence-electron chi connectivity index (χ3n) is 4.50. The van der Waals surface area contributed by atoms with Gasteiger partial charge in [-0.3, -0.25) is 9.59 Å². The van der Waals surface area contributed by atoms with Gasteiger partial charge in [0.1, 0.15) is 0 Å². The Morgan fingerprint density at radius 2 is 1.59 bits per heavy atom. The molecule has 2 aromatic carbocycles. The highest BCUT2D eigenvalue weighted by Gasteiger charge is 2.16. The molecule has 0 aliphatic heterocycles. The molecular formula is C22H28N2O4S. The number of benzene rings is 2. The summed E-state index contributed by atoms with van der Waals surface area (Å²) in [5.74, 6) is -0.684. The van der Waals surface area contributed by atoms with Crippen molar-refractivity contribution in [3.63, 3.8) is 0 Å². The molecule has 0 aliphatic rings. The summed E-state index contributed by atoms with van der Waals surface area (Å²) in [6, 6.07) is 13.6. The first-order valence-corrected chi connectivity index (χ1v) is 11.4. The van der Waals surface area contributed by atoms with Gasteiger partial charge in [-0.25, -0.2) is 8.42 Å². The summed E-state index contributed by atoms with van der Waals surface area (Å²) < 4.78 is 24.6. The number of hydrogen-bond donors (Lipinski definition) is 2. The molecule has 0 aromatic heterocycles. The van der Waals surface area contributed by atoms with E-state index in [0.717, 1.165) is 24.0 Å². The maximum atomic E-state index is 12.3. The summed E-state index contributed by atoms with van der Waals surface area (Å²) in [7, 11) is -3.49. The van der Waals surface area contributed by atoms with Gasteiger partial charge in [-0.15, -0.1) is 0 Å². The fourth-order valence-electron chi connectivity index (χ4n) is 2.63. The van der Waals surface area contributed by atoms with Gasteiger partial charge in [-0.2, -0.15) is 0 Å². The Kier molecular flexibility index (Phi) is 8.39. The van der Waals surface area contributed by atoms with E-state index in [1.54, 1.807) is 48.5 Å². The summed E-state index contributed by atoms with van der Waals surface area (Å²) >= 11 is 0. The van der Waals surface area contributed by atoms with Crippen LogP contribution < -0.4 is 10.6 Å². The third-order valence-corrected chi connectivity index (χ3v) is 6.23. The molecule has 0 saturated carbocycles. The van der Waals surface area contributed by atoms with Crippen molar-refractivity contribution in [2.45, 2.75) is 44.6 Å². The number of unbranched alkanes of at least 4 members (excludes halogenated alkanes) is 1. The molecule has 7 heteroatoms. The first-order chi connectivity index (χ1) is 13.8. The van der Waals surface area contributed by atoms with E-state index in [1.165, 1.54) is 0 Å². The van der Waals surface area contributed by atoms with E-state index in [2.05, 4.69) is 17.6 Å². The third kappa shape index (κ3) is 7.34. The summed E-state index contributed by atoms with van der Waals surface area (Å²) in [4.78, 5) is 24.2. The second-order valence-corrected chi connectivity index (χ2v) is 9.07. The van der Waals surface area contributed by atoms with Gasteiger partial charge in [0, 0.05) is 25.1 Å². The number of sulfone groups is 1. The van der Waals surface area contributed by atoms with Crippen molar-refractivity contribution in [3.05, 3.63) is 65.2 Å². The van der Waals surface area contributed by atoms with Crippen molar-refractivity contribution in [2.75, 3.05) is 12.3 Å². The average molecular weight is 417 g/mol. The van der Waals surface area contributed by atoms with Crippen LogP contribution in [0.25, 0.3) is 0 Å². The van der Waals surface area contributed by atoms with E-state index in [9.17, 15) is 18.0 Å². The van der Waals surface area contributed by atoms with Gasteiger partial charge in [-0.05, 0) is 43.2 Å². The molecule has 0 fully saturated rings. The standard InChI is InChI=1S/C22H28N2O4S/c1-3-4-14-23-22(26)19-9-7-18(8-10-19)16-24-21(25)13-15-29(27,28)20-11-5-17(2)6-12-20/h5-12H,3-4,13-16H2,1-2H3,(H,23,26)(H,24,25). The minimum Gasteiger partial charge on any atom is -0.352 e. The number of hydrogen-bond acceptors (Lipinski definition) is 4. The van der Waals surface area contributed by atoms with Crippen LogP contribution in [0.2, 0.25) is 0 Å². The number of rotatable bonds is 10. The highest BCUT2D eigenvalue weighted by molar-refractivity contribution is 7.91. The zero-order valence-corrected chi connectivity index (χ0v) is 17.7. The minimum absolute atomic E-state index is 0.103. The predicted molar refractivity (Wildman–Crippen MR) is 113 cm³/mol. The lowest BCUT2D eigenvalue weighted by Crippen LogP contribution is -2.26. The lowest BCUT2D eigenvalue weighted by atomic mass is 10.1. The van der Waals surface area contributed by atoms with Gasteiger partial charge in [0.05, 0.1) is 10.6 Å². The molecule has 6 nitrogen and oxygen atoms in total. The first kappa shape index (κ1) is 22.6. The normalized spacial score (nSPS) is 11.1. The van der Waals surface area contributed by atoms with Gasteiger partial charge < -0.3 is 10.6 Å². The van der Waals surface area contributed by atoms with Crippen molar-refractivity contribution >= 4 is 21.7 Å². The molecule has 2 aromatic rings. The van der Waals surface area contributed by atoms with Crippen LogP contribution in [0, 0.1) is 6.92 Å². The Hall–Kier alpha value is -2.67. The van der Waals surface area contributed by atoms with E-state index in [-0.39, 0.29) is 35.4 Å². The lowest BCUT2D eigenvalue weighted by Gasteiger charge is -2.08. The maximum absolute atomic E-state index is 12.3. The lowest BCUT2D eigenvalue weighted by molar-refractivity contribution is -0.120. The molecule has 0 bridgehead atoms. The van der Waals surface area contributed by atoms with Crippen molar-refractivity contribution in [1.82, 2.24) is 10.6 Å². The van der Waals surface area contributed by atoms with Gasteiger partial charge in [-0.1, -0.05) is 43.2 Å². The molecule has 0 saturated heterocycles. The quantitative estimate of drug-likeness (QED) is 0.583. The highest BCUT2D eigenvalue weighted by atomic mass is 32.2. The van der Waals surface area contributed by atoms with Crippen molar-refractivity contribution in [1.29, 1.82) is 0 Å². The summed E-state index contributed by atoms with van der Waals surface area (Å²) in [6.07, 6.45) is 1.86. The number of carbonyl (C=O) groups excluding carboxylic acids is 2. The molecular weight excluding hydrogens is 388 g/mol. The zero-order chi connectivity index (χ0) is 21.3. The van der Waals surface area contributed by atoms with Crippen LogP contribution in [0.4, 0.5) is 0 Å². The molecule has 2 amide bonds. The highest BCUT2D eigenvalue weighted by Crippen LogP contribution is 2.13. The van der Waals surface area contributed by atoms with Crippen LogP contribution >= 0.6 is 0 Å². The molecule has 29 heavy (non-hydrogen) atoms. The van der Waals surface area contributed by atoms with E-state index < -0.39 is 9.84 Å². The van der Waals surface area contributed by atoms with Crippen molar-refractivity contribution in [3.8, 4) is 0 Å². The Morgan fingerprint density at radius 1 is 0.931 bits per heavy atom. The number of amides is 2. The summed E-state index contributed by atoms with van der Waals surface area (Å²) in [5.41, 5.74) is 2.39. The average Bonchev–Trinajstić information content (AvgIpc) is 2.71. The smallest absolute Gasteiger partial charge is 0.251 e. The summed E-state index contributed by atoms with van der Waals surface area (Å²) in [6.45, 7) is 4.88. The van der Waals surface area contributed by atoms with E-state index in [0.29, 0.717) is 12.1 Å². The van der Waals surface area contributed by atoms with Crippen molar-refractivity contribution < 1.29 is 18.0 Å². The van der Waals surface area contributed by atoms with E-state index in [4.69, 9.17) is 0 Å². The van der Waals surface area contributed by atoms with Crippen LogP contribution in [0.15, 0.2) is 53.4 Å². The summed E-state index contributed by atoms with van der Waals surface area (Å²) in [5, 5.41) is 5.57. The second kappa shape index (κ2) is 10.8. The fourth-order valence-corrected chi connectivity index (χ4v) is 3.87. The number of carbonyl (C=O) groups is 2. The van der Waals surface area contributed by atoms with Gasteiger partial charge >= 0.3 is 0 Å². The van der Waals surface area contributed by atoms with Gasteiger partial charge in [0.15, 0.2) is 9.84 Å². The molecule has 0 unspecified atom stereocenters. The molecule has 0 heterocycles. The molecule has 2 rings (SSSR count). The molecule has 156 valence electrons. The molecule has 0 spiro atoms. The van der Waals surface area contributed by atoms with Crippen LogP contribution in [0.3, 0.4) is 0 Å². The zero-order valence-electron chi connectivity index (χ0n) is 16.9. The van der Waals surface area contributed by atoms with Crippen LogP contribution in [-0.4, -0.2) is 32.5 Å². The monoisotopic (exact) mass is 416 g/mol. The minimum atomic E-state index is -3.49. The fraction of sp³-hybridized carbons (Fsp3) is 0.364. The predicted octanol–water partition coefficient (Wildman–Crippen LogP) is 3.01.